The van der Waals surface area contributed by atoms with Gasteiger partial charge in [0.2, 0.25) is 0 Å². The zero-order valence-electron chi connectivity index (χ0n) is 9.59. The van der Waals surface area contributed by atoms with Gasteiger partial charge in [-0.25, -0.2) is 0 Å². The molecule has 1 aromatic rings. The fourth-order valence-corrected chi connectivity index (χ4v) is 4.00. The fourth-order valence-electron chi connectivity index (χ4n) is 2.40. The molecular formula is C12H17Cl2NS. The number of hydrogen-bond donors (Lipinski definition) is 1. The Balaban J connectivity index is 1.97. The Morgan fingerprint density at radius 3 is 2.75 bits per heavy atom. The van der Waals surface area contributed by atoms with Gasteiger partial charge < -0.3 is 5.32 Å². The highest BCUT2D eigenvalue weighted by Crippen LogP contribution is 2.47. The lowest BCUT2D eigenvalue weighted by molar-refractivity contribution is 0.185. The monoisotopic (exact) mass is 277 g/mol. The van der Waals surface area contributed by atoms with Gasteiger partial charge in [-0.05, 0) is 42.9 Å². The van der Waals surface area contributed by atoms with Gasteiger partial charge in [0.15, 0.2) is 0 Å². The number of rotatable bonds is 4. The van der Waals surface area contributed by atoms with Crippen LogP contribution in [0.3, 0.4) is 0 Å². The van der Waals surface area contributed by atoms with Crippen LogP contribution >= 0.6 is 34.5 Å². The first-order valence-electron chi connectivity index (χ1n) is 5.81. The van der Waals surface area contributed by atoms with Crippen molar-refractivity contribution in [1.82, 2.24) is 5.32 Å². The Bertz CT molecular complexity index is 364. The molecule has 0 amide bonds. The highest BCUT2D eigenvalue weighted by Gasteiger charge is 2.39. The first-order chi connectivity index (χ1) is 7.63. The maximum atomic E-state index is 6.18. The summed E-state index contributed by atoms with van der Waals surface area (Å²) < 4.78 is 1.67. The molecule has 1 fully saturated rings. The molecule has 0 aliphatic heterocycles. The van der Waals surface area contributed by atoms with Crippen molar-refractivity contribution in [1.29, 1.82) is 0 Å². The average Bonchev–Trinajstić information content (AvgIpc) is 2.56. The van der Waals surface area contributed by atoms with E-state index in [0.717, 1.165) is 15.2 Å². The molecule has 1 aliphatic rings. The number of thiophene rings is 1. The summed E-state index contributed by atoms with van der Waals surface area (Å²) in [7, 11) is 0. The van der Waals surface area contributed by atoms with E-state index in [2.05, 4.69) is 19.2 Å². The molecule has 16 heavy (non-hydrogen) atoms. The zero-order chi connectivity index (χ0) is 11.7. The lowest BCUT2D eigenvalue weighted by Crippen LogP contribution is -2.48. The van der Waals surface area contributed by atoms with Crippen LogP contribution in [-0.4, -0.2) is 12.6 Å². The van der Waals surface area contributed by atoms with E-state index >= 15 is 0 Å². The third kappa shape index (κ3) is 2.40. The minimum absolute atomic E-state index is 0.589. The molecular weight excluding hydrogens is 261 g/mol. The van der Waals surface area contributed by atoms with Crippen molar-refractivity contribution in [3.8, 4) is 0 Å². The van der Waals surface area contributed by atoms with Gasteiger partial charge in [0.25, 0.3) is 0 Å². The smallest absolute Gasteiger partial charge is 0.0979 e. The molecule has 0 spiro atoms. The second-order valence-corrected chi connectivity index (χ2v) is 6.83. The third-order valence-corrected chi connectivity index (χ3v) is 5.03. The van der Waals surface area contributed by atoms with Gasteiger partial charge in [-0.1, -0.05) is 37.0 Å². The van der Waals surface area contributed by atoms with Gasteiger partial charge >= 0.3 is 0 Å². The van der Waals surface area contributed by atoms with Crippen LogP contribution in [0.15, 0.2) is 6.07 Å². The Hall–Kier alpha value is 0.240. The minimum atomic E-state index is 0.589. The number of hydrogen-bond acceptors (Lipinski definition) is 2. The van der Waals surface area contributed by atoms with Crippen LogP contribution in [-0.2, 0) is 0 Å². The summed E-state index contributed by atoms with van der Waals surface area (Å²) in [6, 6.07) is 2.69. The predicted molar refractivity (Wildman–Crippen MR) is 72.9 cm³/mol. The van der Waals surface area contributed by atoms with Crippen molar-refractivity contribution >= 4 is 34.5 Å². The molecule has 0 bridgehead atoms. The molecule has 1 heterocycles. The first-order valence-corrected chi connectivity index (χ1v) is 7.38. The fraction of sp³-hybridized carbons (Fsp3) is 0.667. The summed E-state index contributed by atoms with van der Waals surface area (Å²) in [6.45, 7) is 5.60. The lowest BCUT2D eigenvalue weighted by Gasteiger charge is -2.43. The molecule has 90 valence electrons. The molecule has 2 rings (SSSR count). The summed E-state index contributed by atoms with van der Waals surface area (Å²) in [5.74, 6) is 1.25. The molecule has 1 saturated carbocycles. The van der Waals surface area contributed by atoms with Crippen molar-refractivity contribution in [3.05, 3.63) is 20.3 Å². The molecule has 0 aromatic carbocycles. The molecule has 1 aliphatic carbocycles. The van der Waals surface area contributed by atoms with Gasteiger partial charge in [-0.3, -0.25) is 0 Å². The van der Waals surface area contributed by atoms with Crippen LogP contribution in [0, 0.1) is 5.92 Å². The van der Waals surface area contributed by atoms with Crippen LogP contribution in [0.5, 0.6) is 0 Å². The van der Waals surface area contributed by atoms with Crippen molar-refractivity contribution < 1.29 is 0 Å². The van der Waals surface area contributed by atoms with Gasteiger partial charge in [0.1, 0.15) is 0 Å². The number of nitrogens with one attached hydrogen (secondary N) is 1. The molecule has 0 saturated heterocycles. The standard InChI is InChI=1S/C12H17Cl2NS/c1-3-4-15-10-5-8(7(10)2)9-6-11(13)16-12(9)14/h6-8,10,15H,3-5H2,1-2H3. The van der Waals surface area contributed by atoms with E-state index in [4.69, 9.17) is 23.2 Å². The quantitative estimate of drug-likeness (QED) is 0.852. The van der Waals surface area contributed by atoms with E-state index in [0.29, 0.717) is 17.9 Å². The van der Waals surface area contributed by atoms with Crippen LogP contribution < -0.4 is 5.32 Å². The largest absolute Gasteiger partial charge is 0.314 e. The second kappa shape index (κ2) is 5.26. The Morgan fingerprint density at radius 1 is 1.50 bits per heavy atom. The highest BCUT2D eigenvalue weighted by molar-refractivity contribution is 7.20. The Morgan fingerprint density at radius 2 is 2.25 bits per heavy atom. The minimum Gasteiger partial charge on any atom is -0.314 e. The van der Waals surface area contributed by atoms with E-state index in [1.807, 2.05) is 6.07 Å². The summed E-state index contributed by atoms with van der Waals surface area (Å²) in [5.41, 5.74) is 1.25. The van der Waals surface area contributed by atoms with Crippen LogP contribution in [0.25, 0.3) is 0 Å². The maximum absolute atomic E-state index is 6.18. The average molecular weight is 278 g/mol. The van der Waals surface area contributed by atoms with Crippen LogP contribution in [0.4, 0.5) is 0 Å². The van der Waals surface area contributed by atoms with Gasteiger partial charge in [-0.15, -0.1) is 11.3 Å². The second-order valence-electron chi connectivity index (χ2n) is 4.54. The summed E-state index contributed by atoms with van der Waals surface area (Å²) in [6.07, 6.45) is 2.38. The topological polar surface area (TPSA) is 12.0 Å². The van der Waals surface area contributed by atoms with Crippen LogP contribution in [0.2, 0.25) is 8.67 Å². The molecule has 1 aromatic heterocycles. The van der Waals surface area contributed by atoms with E-state index in [-0.39, 0.29) is 0 Å². The van der Waals surface area contributed by atoms with Crippen molar-refractivity contribution in [3.63, 3.8) is 0 Å². The zero-order valence-corrected chi connectivity index (χ0v) is 11.9. The summed E-state index contributed by atoms with van der Waals surface area (Å²) in [4.78, 5) is 0. The molecule has 1 N–H and O–H groups in total. The molecule has 3 atom stereocenters. The van der Waals surface area contributed by atoms with E-state index in [1.165, 1.54) is 29.7 Å². The van der Waals surface area contributed by atoms with Crippen molar-refractivity contribution in [2.75, 3.05) is 6.54 Å². The van der Waals surface area contributed by atoms with Crippen LogP contribution in [0.1, 0.15) is 38.2 Å². The predicted octanol–water partition coefficient (Wildman–Crippen LogP) is 4.55. The Kier molecular flexibility index (Phi) is 4.17. The van der Waals surface area contributed by atoms with Crippen molar-refractivity contribution in [2.45, 2.75) is 38.6 Å². The molecule has 1 nitrogen and oxygen atoms in total. The summed E-state index contributed by atoms with van der Waals surface area (Å²) >= 11 is 13.6. The van der Waals surface area contributed by atoms with Gasteiger partial charge in [0.05, 0.1) is 8.67 Å². The van der Waals surface area contributed by atoms with E-state index in [1.54, 1.807) is 0 Å². The normalized spacial score (nSPS) is 29.1. The number of halogens is 2. The van der Waals surface area contributed by atoms with Crippen molar-refractivity contribution in [2.24, 2.45) is 5.92 Å². The van der Waals surface area contributed by atoms with Gasteiger partial charge in [0, 0.05) is 6.04 Å². The SMILES string of the molecule is CCCNC1CC(c2cc(Cl)sc2Cl)C1C. The molecule has 4 heteroatoms. The van der Waals surface area contributed by atoms with E-state index < -0.39 is 0 Å². The third-order valence-electron chi connectivity index (χ3n) is 3.52. The van der Waals surface area contributed by atoms with Gasteiger partial charge in [-0.2, -0.15) is 0 Å². The maximum Gasteiger partial charge on any atom is 0.0979 e. The summed E-state index contributed by atoms with van der Waals surface area (Å²) in [5, 5.41) is 3.57. The highest BCUT2D eigenvalue weighted by atomic mass is 35.5. The van der Waals surface area contributed by atoms with E-state index in [9.17, 15) is 0 Å². The first kappa shape index (κ1) is 12.7. The lowest BCUT2D eigenvalue weighted by atomic mass is 9.67. The Labute approximate surface area is 111 Å². The molecule has 0 radical (unpaired) electrons. The molecule has 3 unspecified atom stereocenters.